The van der Waals surface area contributed by atoms with Gasteiger partial charge in [0, 0.05) is 13.1 Å². The van der Waals surface area contributed by atoms with Crippen molar-refractivity contribution in [2.75, 3.05) is 27.3 Å². The largest absolute Gasteiger partial charge is 0.453 e. The lowest BCUT2D eigenvalue weighted by atomic mass is 9.98. The Balaban J connectivity index is 3.21. The Morgan fingerprint density at radius 3 is 1.78 bits per heavy atom. The van der Waals surface area contributed by atoms with Crippen LogP contribution in [0.2, 0.25) is 0 Å². The zero-order valence-electron chi connectivity index (χ0n) is 25.6. The van der Waals surface area contributed by atoms with E-state index in [-0.39, 0.29) is 18.4 Å². The van der Waals surface area contributed by atoms with Crippen molar-refractivity contribution in [2.24, 2.45) is 17.8 Å². The fraction of sp³-hybridized carbons (Fsp3) is 0.655. The molecule has 12 heteroatoms. The number of aliphatic hydroxyl groups excluding tert-OH is 1. The summed E-state index contributed by atoms with van der Waals surface area (Å²) in [5, 5.41) is 21.0. The van der Waals surface area contributed by atoms with Crippen LogP contribution in [0.1, 0.15) is 53.5 Å². The standard InChI is InChI=1S/C29H49N5O7/c1-18(2)14-15-34(33-27(37)25(20(5)6)32-29(39)41-8)17-23(35)22(16-21-12-10-9-11-13-21)30-26(36)24(19(3)4)31-28(38)40-7/h9-13,18-20,22-25,35H,14-17H2,1-8H3,(H,30,36)(H,31,38)(H,32,39)(H,33,37)/t22-,23?,24-,25-/m0/s1. The molecular weight excluding hydrogens is 530 g/mol. The number of benzene rings is 1. The van der Waals surface area contributed by atoms with E-state index in [1.165, 1.54) is 14.2 Å². The van der Waals surface area contributed by atoms with Gasteiger partial charge in [0.1, 0.15) is 12.1 Å². The molecule has 1 rings (SSSR count). The minimum Gasteiger partial charge on any atom is -0.453 e. The average molecular weight is 580 g/mol. The number of ether oxygens (including phenoxy) is 2. The molecule has 0 heterocycles. The van der Waals surface area contributed by atoms with E-state index in [0.717, 1.165) is 12.0 Å². The Hall–Kier alpha value is -3.38. The normalized spacial score (nSPS) is 14.3. The molecule has 0 saturated heterocycles. The predicted octanol–water partition coefficient (Wildman–Crippen LogP) is 2.22. The number of carbonyl (C=O) groups excluding carboxylic acids is 4. The quantitative estimate of drug-likeness (QED) is 0.187. The molecule has 4 amide bonds. The Kier molecular flexibility index (Phi) is 15.8. The van der Waals surface area contributed by atoms with E-state index >= 15 is 0 Å². The fourth-order valence-electron chi connectivity index (χ4n) is 4.05. The molecule has 1 unspecified atom stereocenters. The molecule has 1 aromatic carbocycles. The van der Waals surface area contributed by atoms with Gasteiger partial charge in [-0.25, -0.2) is 14.6 Å². The topological polar surface area (TPSA) is 158 Å². The number of hydrogen-bond donors (Lipinski definition) is 5. The lowest BCUT2D eigenvalue weighted by molar-refractivity contribution is -0.130. The summed E-state index contributed by atoms with van der Waals surface area (Å²) in [7, 11) is 2.44. The van der Waals surface area contributed by atoms with Crippen LogP contribution >= 0.6 is 0 Å². The maximum Gasteiger partial charge on any atom is 0.407 e. The van der Waals surface area contributed by atoms with Crippen LogP contribution in [0.4, 0.5) is 9.59 Å². The molecule has 12 nitrogen and oxygen atoms in total. The highest BCUT2D eigenvalue weighted by atomic mass is 16.5. The summed E-state index contributed by atoms with van der Waals surface area (Å²) >= 11 is 0. The first-order chi connectivity index (χ1) is 19.3. The van der Waals surface area contributed by atoms with Gasteiger partial charge in [0.05, 0.1) is 26.4 Å². The van der Waals surface area contributed by atoms with Gasteiger partial charge in [-0.15, -0.1) is 0 Å². The van der Waals surface area contributed by atoms with Crippen LogP contribution in [-0.2, 0) is 25.5 Å². The number of rotatable bonds is 16. The van der Waals surface area contributed by atoms with Crippen LogP contribution in [0.25, 0.3) is 0 Å². The summed E-state index contributed by atoms with van der Waals surface area (Å²) in [6.45, 7) is 11.7. The van der Waals surface area contributed by atoms with Crippen LogP contribution in [0.15, 0.2) is 30.3 Å². The van der Waals surface area contributed by atoms with E-state index in [2.05, 4.69) is 30.8 Å². The Morgan fingerprint density at radius 1 is 0.805 bits per heavy atom. The second kappa shape index (κ2) is 18.1. The number of alkyl carbamates (subject to hydrolysis) is 2. The molecule has 1 aromatic rings. The number of carbonyl (C=O) groups is 4. The van der Waals surface area contributed by atoms with Crippen LogP contribution in [0.3, 0.4) is 0 Å². The molecule has 0 spiro atoms. The molecule has 0 aromatic heterocycles. The molecule has 5 N–H and O–H groups in total. The van der Waals surface area contributed by atoms with Crippen molar-refractivity contribution in [3.8, 4) is 0 Å². The van der Waals surface area contributed by atoms with Crippen molar-refractivity contribution in [1.82, 2.24) is 26.4 Å². The maximum atomic E-state index is 13.3. The highest BCUT2D eigenvalue weighted by Crippen LogP contribution is 2.12. The van der Waals surface area contributed by atoms with Gasteiger partial charge in [0.25, 0.3) is 5.91 Å². The number of hydrazine groups is 1. The van der Waals surface area contributed by atoms with Crippen molar-refractivity contribution in [3.63, 3.8) is 0 Å². The van der Waals surface area contributed by atoms with E-state index < -0.39 is 48.2 Å². The van der Waals surface area contributed by atoms with Gasteiger partial charge in [-0.2, -0.15) is 0 Å². The van der Waals surface area contributed by atoms with E-state index in [0.29, 0.717) is 18.9 Å². The summed E-state index contributed by atoms with van der Waals surface area (Å²) in [5.41, 5.74) is 3.73. The van der Waals surface area contributed by atoms with Crippen LogP contribution in [0, 0.1) is 17.8 Å². The molecule has 0 saturated carbocycles. The average Bonchev–Trinajstić information content (AvgIpc) is 2.92. The van der Waals surface area contributed by atoms with Crippen LogP contribution < -0.4 is 21.4 Å². The number of methoxy groups -OCH3 is 2. The summed E-state index contributed by atoms with van der Waals surface area (Å²) in [4.78, 5) is 50.2. The number of nitrogens with one attached hydrogen (secondary N) is 4. The Morgan fingerprint density at radius 2 is 1.32 bits per heavy atom. The summed E-state index contributed by atoms with van der Waals surface area (Å²) in [6.07, 6.45) is -1.54. The van der Waals surface area contributed by atoms with E-state index in [9.17, 15) is 24.3 Å². The third-order valence-corrected chi connectivity index (χ3v) is 6.56. The minimum absolute atomic E-state index is 0.00391. The van der Waals surface area contributed by atoms with Gasteiger partial charge < -0.3 is 30.5 Å². The number of hydrogen-bond acceptors (Lipinski definition) is 8. The van der Waals surface area contributed by atoms with E-state index in [4.69, 9.17) is 0 Å². The van der Waals surface area contributed by atoms with Gasteiger partial charge in [-0.05, 0) is 36.2 Å². The number of amides is 4. The maximum absolute atomic E-state index is 13.3. The molecular formula is C29H49N5O7. The highest BCUT2D eigenvalue weighted by Gasteiger charge is 2.32. The first kappa shape index (κ1) is 35.6. The molecule has 0 aliphatic rings. The van der Waals surface area contributed by atoms with Crippen molar-refractivity contribution < 1.29 is 33.8 Å². The molecule has 0 aliphatic heterocycles. The second-order valence-corrected chi connectivity index (χ2v) is 11.2. The first-order valence-corrected chi connectivity index (χ1v) is 14.1. The number of aliphatic hydroxyl groups is 1. The van der Waals surface area contributed by atoms with Gasteiger partial charge in [0.15, 0.2) is 0 Å². The smallest absolute Gasteiger partial charge is 0.407 e. The SMILES string of the molecule is COC(=O)N[C@H](C(=O)N[C@@H](Cc1ccccc1)C(O)CN(CCC(C)C)NC(=O)[C@@H](NC(=O)OC)C(C)C)C(C)C. The van der Waals surface area contributed by atoms with E-state index in [1.807, 2.05) is 44.2 Å². The zero-order chi connectivity index (χ0) is 31.1. The molecule has 4 atom stereocenters. The van der Waals surface area contributed by atoms with E-state index in [1.54, 1.807) is 32.7 Å². The van der Waals surface area contributed by atoms with Crippen LogP contribution in [-0.4, -0.2) is 85.7 Å². The molecule has 0 bridgehead atoms. The summed E-state index contributed by atoms with van der Waals surface area (Å²) in [6, 6.07) is 6.89. The molecule has 0 aliphatic carbocycles. The van der Waals surface area contributed by atoms with Gasteiger partial charge in [-0.1, -0.05) is 71.9 Å². The second-order valence-electron chi connectivity index (χ2n) is 11.2. The molecule has 0 radical (unpaired) electrons. The Labute approximate surface area is 243 Å². The monoisotopic (exact) mass is 579 g/mol. The fourth-order valence-corrected chi connectivity index (χ4v) is 4.05. The zero-order valence-corrected chi connectivity index (χ0v) is 25.6. The van der Waals surface area contributed by atoms with Crippen molar-refractivity contribution in [1.29, 1.82) is 0 Å². The summed E-state index contributed by atoms with van der Waals surface area (Å²) in [5.74, 6) is -1.08. The van der Waals surface area contributed by atoms with Crippen molar-refractivity contribution >= 4 is 24.0 Å². The highest BCUT2D eigenvalue weighted by molar-refractivity contribution is 5.86. The predicted molar refractivity (Wildman–Crippen MR) is 156 cm³/mol. The first-order valence-electron chi connectivity index (χ1n) is 14.1. The lowest BCUT2D eigenvalue weighted by Gasteiger charge is -2.33. The van der Waals surface area contributed by atoms with Crippen molar-refractivity contribution in [2.45, 2.75) is 78.6 Å². The third kappa shape index (κ3) is 13.2. The minimum atomic E-state index is -1.11. The number of nitrogens with zero attached hydrogens (tertiary/aromatic N) is 1. The summed E-state index contributed by atoms with van der Waals surface area (Å²) < 4.78 is 9.34. The molecule has 0 fully saturated rings. The third-order valence-electron chi connectivity index (χ3n) is 6.56. The molecule has 41 heavy (non-hydrogen) atoms. The molecule has 232 valence electrons. The van der Waals surface area contributed by atoms with Gasteiger partial charge >= 0.3 is 12.2 Å². The van der Waals surface area contributed by atoms with Crippen LogP contribution in [0.5, 0.6) is 0 Å². The lowest BCUT2D eigenvalue weighted by Crippen LogP contribution is -2.59. The Bertz CT molecular complexity index is 958. The van der Waals surface area contributed by atoms with Gasteiger partial charge in [0.2, 0.25) is 5.91 Å². The van der Waals surface area contributed by atoms with Crippen molar-refractivity contribution in [3.05, 3.63) is 35.9 Å². The van der Waals surface area contributed by atoms with Gasteiger partial charge in [-0.3, -0.25) is 15.0 Å².